The van der Waals surface area contributed by atoms with E-state index in [9.17, 15) is 5.11 Å². The van der Waals surface area contributed by atoms with E-state index in [2.05, 4.69) is 45.4 Å². The highest BCUT2D eigenvalue weighted by molar-refractivity contribution is 5.94. The zero-order chi connectivity index (χ0) is 19.3. The van der Waals surface area contributed by atoms with Crippen molar-refractivity contribution in [2.24, 2.45) is 0 Å². The van der Waals surface area contributed by atoms with Crippen LogP contribution in [0.15, 0.2) is 67.0 Å². The Bertz CT molecular complexity index is 1040. The number of aromatic amines is 1. The van der Waals surface area contributed by atoms with E-state index in [-0.39, 0.29) is 0 Å². The third kappa shape index (κ3) is 3.89. The van der Waals surface area contributed by atoms with E-state index in [0.29, 0.717) is 6.54 Å². The van der Waals surface area contributed by atoms with Gasteiger partial charge in [0.2, 0.25) is 0 Å². The Hall–Kier alpha value is -3.18. The van der Waals surface area contributed by atoms with Crippen LogP contribution in [-0.2, 0) is 6.54 Å². The summed E-state index contributed by atoms with van der Waals surface area (Å²) in [5, 5.41) is 14.7. The molecule has 4 rings (SSSR count). The summed E-state index contributed by atoms with van der Waals surface area (Å²) in [5.74, 6) is 0.797. The zero-order valence-corrected chi connectivity index (χ0v) is 15.9. The van der Waals surface area contributed by atoms with E-state index < -0.39 is 6.10 Å². The smallest absolute Gasteiger partial charge is 0.140 e. The monoisotopic (exact) mass is 372 g/mol. The second-order valence-corrected chi connectivity index (χ2v) is 6.90. The quantitative estimate of drug-likeness (QED) is 0.423. The van der Waals surface area contributed by atoms with Crippen LogP contribution in [0.1, 0.15) is 37.1 Å². The van der Waals surface area contributed by atoms with Crippen LogP contribution >= 0.6 is 0 Å². The summed E-state index contributed by atoms with van der Waals surface area (Å²) in [4.78, 5) is 12.2. The first-order valence-corrected chi connectivity index (χ1v) is 9.65. The lowest BCUT2D eigenvalue weighted by atomic mass is 9.99. The number of hydrogen-bond acceptors (Lipinski definition) is 4. The topological polar surface area (TPSA) is 73.8 Å². The fourth-order valence-electron chi connectivity index (χ4n) is 3.38. The van der Waals surface area contributed by atoms with Gasteiger partial charge < -0.3 is 15.4 Å². The van der Waals surface area contributed by atoms with Gasteiger partial charge in [-0.05, 0) is 47.4 Å². The molecule has 1 aromatic carbocycles. The number of anilines is 1. The molecular weight excluding hydrogens is 348 g/mol. The normalized spacial score (nSPS) is 12.2. The lowest BCUT2D eigenvalue weighted by Crippen LogP contribution is -2.03. The first kappa shape index (κ1) is 18.2. The standard InChI is InChI=1S/C23H24N4O/c1-2-5-21(28)17-9-7-16(8-10-17)20-14-22(27-23-19(20)11-13-25-23)26-15-18-6-3-4-12-24-18/h3-4,6-14,21,28H,2,5,15H2,1H3,(H2,25,26,27)/t21-/m0/s1. The number of aromatic nitrogens is 3. The second-order valence-electron chi connectivity index (χ2n) is 6.90. The summed E-state index contributed by atoms with van der Waals surface area (Å²) in [6.45, 7) is 2.69. The maximum atomic E-state index is 10.2. The first-order valence-electron chi connectivity index (χ1n) is 9.65. The highest BCUT2D eigenvalue weighted by Gasteiger charge is 2.11. The van der Waals surface area contributed by atoms with Crippen molar-refractivity contribution >= 4 is 16.9 Å². The van der Waals surface area contributed by atoms with Gasteiger partial charge in [0.15, 0.2) is 0 Å². The van der Waals surface area contributed by atoms with E-state index in [1.165, 1.54) is 0 Å². The number of nitrogens with one attached hydrogen (secondary N) is 2. The molecule has 0 unspecified atom stereocenters. The molecule has 0 fully saturated rings. The highest BCUT2D eigenvalue weighted by atomic mass is 16.3. The molecule has 0 aliphatic carbocycles. The fourth-order valence-corrected chi connectivity index (χ4v) is 3.38. The Labute approximate surface area is 164 Å². The van der Waals surface area contributed by atoms with Crippen molar-refractivity contribution in [3.63, 3.8) is 0 Å². The maximum Gasteiger partial charge on any atom is 0.140 e. The minimum atomic E-state index is -0.403. The molecule has 1 atom stereocenters. The molecule has 28 heavy (non-hydrogen) atoms. The lowest BCUT2D eigenvalue weighted by Gasteiger charge is -2.12. The minimum Gasteiger partial charge on any atom is -0.388 e. The molecule has 142 valence electrons. The Morgan fingerprint density at radius 3 is 2.71 bits per heavy atom. The molecule has 0 bridgehead atoms. The average Bonchev–Trinajstić information content (AvgIpc) is 3.21. The number of fused-ring (bicyclic) bond motifs is 1. The van der Waals surface area contributed by atoms with Crippen molar-refractivity contribution in [2.45, 2.75) is 32.4 Å². The Kier molecular flexibility index (Phi) is 5.35. The van der Waals surface area contributed by atoms with Crippen LogP contribution in [0.2, 0.25) is 0 Å². The predicted octanol–water partition coefficient (Wildman–Crippen LogP) is 5.07. The molecule has 0 radical (unpaired) electrons. The molecular formula is C23H24N4O. The van der Waals surface area contributed by atoms with Gasteiger partial charge in [0, 0.05) is 17.8 Å². The largest absolute Gasteiger partial charge is 0.388 e. The first-order chi connectivity index (χ1) is 13.7. The molecule has 5 heteroatoms. The summed E-state index contributed by atoms with van der Waals surface area (Å²) in [6, 6.07) is 18.1. The third-order valence-corrected chi connectivity index (χ3v) is 4.87. The van der Waals surface area contributed by atoms with Gasteiger partial charge in [-0.15, -0.1) is 0 Å². The van der Waals surface area contributed by atoms with Gasteiger partial charge in [0.25, 0.3) is 0 Å². The minimum absolute atomic E-state index is 0.403. The van der Waals surface area contributed by atoms with Crippen LogP contribution in [0.4, 0.5) is 5.82 Å². The van der Waals surface area contributed by atoms with E-state index in [1.807, 2.05) is 42.6 Å². The Balaban J connectivity index is 1.63. The predicted molar refractivity (Wildman–Crippen MR) is 113 cm³/mol. The van der Waals surface area contributed by atoms with Gasteiger partial charge in [-0.2, -0.15) is 0 Å². The van der Waals surface area contributed by atoms with E-state index in [0.717, 1.165) is 52.1 Å². The molecule has 0 saturated heterocycles. The number of rotatable bonds is 7. The fraction of sp³-hybridized carbons (Fsp3) is 0.217. The molecule has 0 saturated carbocycles. The molecule has 0 aliphatic heterocycles. The van der Waals surface area contributed by atoms with Gasteiger partial charge in [-0.25, -0.2) is 4.98 Å². The van der Waals surface area contributed by atoms with E-state index >= 15 is 0 Å². The number of H-pyrrole nitrogens is 1. The molecule has 5 nitrogen and oxygen atoms in total. The van der Waals surface area contributed by atoms with Crippen molar-refractivity contribution in [1.29, 1.82) is 0 Å². The van der Waals surface area contributed by atoms with Gasteiger partial charge >= 0.3 is 0 Å². The number of pyridine rings is 2. The van der Waals surface area contributed by atoms with Crippen LogP contribution in [0.3, 0.4) is 0 Å². The van der Waals surface area contributed by atoms with Gasteiger partial charge in [-0.1, -0.05) is 43.7 Å². The van der Waals surface area contributed by atoms with Gasteiger partial charge in [0.05, 0.1) is 18.3 Å². The Morgan fingerprint density at radius 2 is 1.96 bits per heavy atom. The number of benzene rings is 1. The number of aliphatic hydroxyl groups is 1. The molecule has 0 spiro atoms. The van der Waals surface area contributed by atoms with Crippen LogP contribution in [0, 0.1) is 0 Å². The summed E-state index contributed by atoms with van der Waals surface area (Å²) in [6.07, 6.45) is 5.03. The zero-order valence-electron chi connectivity index (χ0n) is 15.9. The molecule has 4 aromatic rings. The third-order valence-electron chi connectivity index (χ3n) is 4.87. The van der Waals surface area contributed by atoms with Crippen LogP contribution in [-0.4, -0.2) is 20.1 Å². The summed E-state index contributed by atoms with van der Waals surface area (Å²) < 4.78 is 0. The van der Waals surface area contributed by atoms with Crippen molar-refractivity contribution < 1.29 is 5.11 Å². The SMILES string of the molecule is CCC[C@H](O)c1ccc(-c2cc(NCc3ccccn3)nc3[nH]ccc23)cc1. The summed E-state index contributed by atoms with van der Waals surface area (Å²) in [5.41, 5.74) is 4.97. The Morgan fingerprint density at radius 1 is 1.11 bits per heavy atom. The molecule has 3 N–H and O–H groups in total. The summed E-state index contributed by atoms with van der Waals surface area (Å²) >= 11 is 0. The van der Waals surface area contributed by atoms with Crippen molar-refractivity contribution in [1.82, 2.24) is 15.0 Å². The average molecular weight is 372 g/mol. The van der Waals surface area contributed by atoms with E-state index in [1.54, 1.807) is 6.20 Å². The van der Waals surface area contributed by atoms with E-state index in [4.69, 9.17) is 0 Å². The van der Waals surface area contributed by atoms with Crippen LogP contribution in [0.25, 0.3) is 22.2 Å². The molecule has 0 amide bonds. The van der Waals surface area contributed by atoms with Crippen LogP contribution in [0.5, 0.6) is 0 Å². The van der Waals surface area contributed by atoms with Gasteiger partial charge in [-0.3, -0.25) is 4.98 Å². The lowest BCUT2D eigenvalue weighted by molar-refractivity contribution is 0.166. The molecule has 0 aliphatic rings. The van der Waals surface area contributed by atoms with Crippen molar-refractivity contribution in [2.75, 3.05) is 5.32 Å². The molecule has 3 aromatic heterocycles. The summed E-state index contributed by atoms with van der Waals surface area (Å²) in [7, 11) is 0. The van der Waals surface area contributed by atoms with Crippen LogP contribution < -0.4 is 5.32 Å². The van der Waals surface area contributed by atoms with Crippen molar-refractivity contribution in [3.05, 3.63) is 78.2 Å². The number of hydrogen-bond donors (Lipinski definition) is 3. The molecule has 3 heterocycles. The maximum absolute atomic E-state index is 10.2. The van der Waals surface area contributed by atoms with Gasteiger partial charge in [0.1, 0.15) is 11.5 Å². The van der Waals surface area contributed by atoms with Crippen molar-refractivity contribution in [3.8, 4) is 11.1 Å². The second kappa shape index (κ2) is 8.23. The number of aliphatic hydroxyl groups excluding tert-OH is 1. The number of nitrogens with zero attached hydrogens (tertiary/aromatic N) is 2. The highest BCUT2D eigenvalue weighted by Crippen LogP contribution is 2.31.